The van der Waals surface area contributed by atoms with Gasteiger partial charge in [0.25, 0.3) is 18.1 Å². The maximum Gasteiger partial charge on any atom is 0.280 e. The summed E-state index contributed by atoms with van der Waals surface area (Å²) in [4.78, 5) is 32.0. The van der Waals surface area contributed by atoms with Gasteiger partial charge in [-0.25, -0.2) is 18.3 Å². The third-order valence-corrected chi connectivity index (χ3v) is 6.68. The Labute approximate surface area is 181 Å². The summed E-state index contributed by atoms with van der Waals surface area (Å²) in [7, 11) is 0. The Morgan fingerprint density at radius 2 is 1.81 bits per heavy atom. The number of alkyl halides is 2. The van der Waals surface area contributed by atoms with E-state index in [1.807, 2.05) is 4.90 Å². The van der Waals surface area contributed by atoms with E-state index in [0.29, 0.717) is 16.8 Å². The molecule has 162 valence electrons. The van der Waals surface area contributed by atoms with Crippen LogP contribution in [0.3, 0.4) is 0 Å². The first-order valence-electron chi connectivity index (χ1n) is 10.6. The van der Waals surface area contributed by atoms with Crippen molar-refractivity contribution in [1.29, 1.82) is 0 Å². The van der Waals surface area contributed by atoms with Gasteiger partial charge in [0, 0.05) is 36.0 Å². The molecule has 10 heteroatoms. The molecule has 1 amide bonds. The minimum absolute atomic E-state index is 0.0623. The molecule has 0 unspecified atom stereocenters. The first kappa shape index (κ1) is 19.1. The zero-order valence-corrected chi connectivity index (χ0v) is 17.0. The average molecular weight is 435 g/mol. The fourth-order valence-corrected chi connectivity index (χ4v) is 5.29. The van der Waals surface area contributed by atoms with E-state index in [9.17, 15) is 13.6 Å². The van der Waals surface area contributed by atoms with Gasteiger partial charge in [0.15, 0.2) is 0 Å². The lowest BCUT2D eigenvalue weighted by Gasteiger charge is -2.40. The van der Waals surface area contributed by atoms with Gasteiger partial charge in [-0.3, -0.25) is 14.8 Å². The molecule has 0 radical (unpaired) electrons. The molecule has 5 heterocycles. The zero-order chi connectivity index (χ0) is 21.8. The summed E-state index contributed by atoms with van der Waals surface area (Å²) in [5.74, 6) is -0.0284. The molecule has 0 aliphatic carbocycles. The molecule has 32 heavy (non-hydrogen) atoms. The van der Waals surface area contributed by atoms with Crippen LogP contribution < -0.4 is 0 Å². The first-order valence-corrected chi connectivity index (χ1v) is 10.6. The van der Waals surface area contributed by atoms with Crippen molar-refractivity contribution in [2.75, 3.05) is 0 Å². The topological polar surface area (TPSA) is 89.2 Å². The van der Waals surface area contributed by atoms with Gasteiger partial charge >= 0.3 is 0 Å². The largest absolute Gasteiger partial charge is 0.332 e. The lowest BCUT2D eigenvalue weighted by atomic mass is 9.86. The number of carbonyl (C=O) groups excluding carboxylic acids is 1. The lowest BCUT2D eigenvalue weighted by Crippen LogP contribution is -2.47. The molecule has 1 aromatic carbocycles. The molecule has 2 aliphatic heterocycles. The van der Waals surface area contributed by atoms with Gasteiger partial charge in [0.2, 0.25) is 0 Å². The highest BCUT2D eigenvalue weighted by Crippen LogP contribution is 2.45. The molecule has 8 nitrogen and oxygen atoms in total. The van der Waals surface area contributed by atoms with E-state index in [2.05, 4.69) is 25.0 Å². The van der Waals surface area contributed by atoms with Crippen molar-refractivity contribution in [1.82, 2.24) is 34.4 Å². The molecule has 3 atom stereocenters. The van der Waals surface area contributed by atoms with Crippen molar-refractivity contribution in [3.63, 3.8) is 0 Å². The third-order valence-electron chi connectivity index (χ3n) is 6.68. The molecular weight excluding hydrogens is 416 g/mol. The Kier molecular flexibility index (Phi) is 4.34. The van der Waals surface area contributed by atoms with Crippen LogP contribution in [0.5, 0.6) is 0 Å². The fraction of sp³-hybridized carbons (Fsp3) is 0.364. The lowest BCUT2D eigenvalue weighted by molar-refractivity contribution is 0.0554. The Bertz CT molecular complexity index is 1340. The second-order valence-corrected chi connectivity index (χ2v) is 8.33. The van der Waals surface area contributed by atoms with E-state index in [1.165, 1.54) is 16.9 Å². The number of carbonyl (C=O) groups is 1. The number of amides is 1. The van der Waals surface area contributed by atoms with E-state index in [-0.39, 0.29) is 35.4 Å². The van der Waals surface area contributed by atoms with Crippen LogP contribution >= 0.6 is 0 Å². The van der Waals surface area contributed by atoms with Crippen molar-refractivity contribution in [2.24, 2.45) is 0 Å². The summed E-state index contributed by atoms with van der Waals surface area (Å²) in [6.45, 7) is 0. The molecule has 0 N–H and O–H groups in total. The van der Waals surface area contributed by atoms with Crippen LogP contribution in [-0.2, 0) is 0 Å². The monoisotopic (exact) mass is 435 g/mol. The highest BCUT2D eigenvalue weighted by Gasteiger charge is 2.46. The van der Waals surface area contributed by atoms with Crippen molar-refractivity contribution in [3.8, 4) is 0 Å². The molecule has 0 saturated carbocycles. The Hall–Kier alpha value is -3.56. The first-order chi connectivity index (χ1) is 15.6. The molecule has 2 bridgehead atoms. The molecule has 6 rings (SSSR count). The van der Waals surface area contributed by atoms with E-state index in [0.717, 1.165) is 31.2 Å². The number of fused-ring (bicyclic) bond motifs is 4. The quantitative estimate of drug-likeness (QED) is 0.489. The van der Waals surface area contributed by atoms with E-state index < -0.39 is 6.43 Å². The van der Waals surface area contributed by atoms with Crippen LogP contribution in [0.2, 0.25) is 0 Å². The molecule has 3 aromatic heterocycles. The molecular formula is C22H19F2N7O. The molecule has 2 saturated heterocycles. The van der Waals surface area contributed by atoms with Gasteiger partial charge in [-0.05, 0) is 49.9 Å². The van der Waals surface area contributed by atoms with E-state index >= 15 is 0 Å². The van der Waals surface area contributed by atoms with Crippen molar-refractivity contribution >= 4 is 22.7 Å². The van der Waals surface area contributed by atoms with Crippen LogP contribution in [-0.4, -0.2) is 52.4 Å². The number of benzene rings is 1. The van der Waals surface area contributed by atoms with Crippen LogP contribution in [0.4, 0.5) is 8.78 Å². The predicted octanol–water partition coefficient (Wildman–Crippen LogP) is 3.56. The summed E-state index contributed by atoms with van der Waals surface area (Å²) >= 11 is 0. The van der Waals surface area contributed by atoms with Crippen LogP contribution in [0.1, 0.15) is 59.8 Å². The Morgan fingerprint density at radius 1 is 1.00 bits per heavy atom. The van der Waals surface area contributed by atoms with Gasteiger partial charge in [-0.15, -0.1) is 0 Å². The zero-order valence-electron chi connectivity index (χ0n) is 17.0. The third kappa shape index (κ3) is 2.93. The van der Waals surface area contributed by atoms with Crippen molar-refractivity contribution in [2.45, 2.75) is 50.1 Å². The summed E-state index contributed by atoms with van der Waals surface area (Å²) < 4.78 is 28.5. The summed E-state index contributed by atoms with van der Waals surface area (Å²) in [5, 5.41) is 4.22. The molecule has 4 aromatic rings. The fourth-order valence-electron chi connectivity index (χ4n) is 5.29. The van der Waals surface area contributed by atoms with Gasteiger partial charge < -0.3 is 4.90 Å². The normalized spacial score (nSPS) is 22.8. The number of nitrogens with zero attached hydrogens (tertiary/aromatic N) is 7. The van der Waals surface area contributed by atoms with Gasteiger partial charge in [0.05, 0.1) is 16.7 Å². The van der Waals surface area contributed by atoms with Gasteiger partial charge in [0.1, 0.15) is 12.0 Å². The summed E-state index contributed by atoms with van der Waals surface area (Å²) in [6.07, 6.45) is 5.15. The van der Waals surface area contributed by atoms with E-state index in [1.54, 1.807) is 30.6 Å². The van der Waals surface area contributed by atoms with Crippen LogP contribution in [0, 0.1) is 0 Å². The molecule has 0 spiro atoms. The number of hydrogen-bond acceptors (Lipinski definition) is 6. The Morgan fingerprint density at radius 3 is 2.66 bits per heavy atom. The predicted molar refractivity (Wildman–Crippen MR) is 110 cm³/mol. The standard InChI is InChI=1S/C22H19F2N7O/c23-20(24)17-10-19(31-22(29-17)27-11-28-31)14-4-2-13-3-6-18(14)30(13)21(32)12-1-5-15-16(9-12)26-8-7-25-15/h1,5,7-11,13-14,18,20H,2-4,6H2/t13-,14-,18-/m0/s1. The number of aromatic nitrogens is 6. The smallest absolute Gasteiger partial charge is 0.280 e. The highest BCUT2D eigenvalue weighted by atomic mass is 19.3. The average Bonchev–Trinajstić information content (AvgIpc) is 3.40. The number of hydrogen-bond donors (Lipinski definition) is 0. The van der Waals surface area contributed by atoms with Gasteiger partial charge in [-0.1, -0.05) is 0 Å². The summed E-state index contributed by atoms with van der Waals surface area (Å²) in [6, 6.07) is 6.81. The minimum atomic E-state index is -2.70. The molecule has 2 fully saturated rings. The van der Waals surface area contributed by atoms with Crippen LogP contribution in [0.25, 0.3) is 16.8 Å². The second-order valence-electron chi connectivity index (χ2n) is 8.33. The van der Waals surface area contributed by atoms with Crippen LogP contribution in [0.15, 0.2) is 43.0 Å². The van der Waals surface area contributed by atoms with E-state index in [4.69, 9.17) is 0 Å². The number of piperidine rings is 1. The molecule has 2 aliphatic rings. The second kappa shape index (κ2) is 7.25. The maximum atomic E-state index is 13.6. The Balaban J connectivity index is 1.39. The van der Waals surface area contributed by atoms with Crippen molar-refractivity contribution < 1.29 is 13.6 Å². The summed E-state index contributed by atoms with van der Waals surface area (Å²) in [5.41, 5.74) is 2.28. The maximum absolute atomic E-state index is 13.6. The number of rotatable bonds is 3. The SMILES string of the molecule is O=C(c1ccc2nccnc2c1)N1[C@H]2CC[C@H](c3cc(C(F)F)nc4ncnn34)[C@@H]1CC2. The number of halogens is 2. The highest BCUT2D eigenvalue weighted by molar-refractivity contribution is 5.97. The van der Waals surface area contributed by atoms with Gasteiger partial charge in [-0.2, -0.15) is 10.1 Å². The minimum Gasteiger partial charge on any atom is -0.332 e. The van der Waals surface area contributed by atoms with Crippen molar-refractivity contribution in [3.05, 3.63) is 59.9 Å².